The number of nitrogens with zero attached hydrogens (tertiary/aromatic N) is 1. The highest BCUT2D eigenvalue weighted by atomic mass is 32.2. The molecule has 0 amide bonds. The van der Waals surface area contributed by atoms with Crippen LogP contribution in [0.15, 0.2) is 23.1 Å². The highest BCUT2D eigenvalue weighted by Crippen LogP contribution is 2.21. The van der Waals surface area contributed by atoms with E-state index in [0.29, 0.717) is 12.1 Å². The molecule has 1 aromatic rings. The van der Waals surface area contributed by atoms with Crippen molar-refractivity contribution in [1.82, 2.24) is 4.31 Å². The summed E-state index contributed by atoms with van der Waals surface area (Å²) in [5, 5.41) is 0. The number of rotatable bonds is 7. The van der Waals surface area contributed by atoms with Gasteiger partial charge in [-0.2, -0.15) is 0 Å². The summed E-state index contributed by atoms with van der Waals surface area (Å²) in [5.74, 6) is -0.350. The molecule has 0 atom stereocenters. The number of carbonyl (C=O) groups excluding carboxylic acids is 1. The summed E-state index contributed by atoms with van der Waals surface area (Å²) < 4.78 is 30.5. The fraction of sp³-hybridized carbons (Fsp3) is 0.500. The number of aryl methyl sites for hydroxylation is 1. The Morgan fingerprint density at radius 3 is 2.57 bits per heavy atom. The lowest BCUT2D eigenvalue weighted by atomic mass is 10.1. The lowest BCUT2D eigenvalue weighted by molar-refractivity contribution is -0.140. The van der Waals surface area contributed by atoms with E-state index in [0.717, 1.165) is 12.0 Å². The molecular weight excluding hydrogens is 292 g/mol. The molecule has 0 saturated heterocycles. The quantitative estimate of drug-likeness (QED) is 0.607. The van der Waals surface area contributed by atoms with Crippen LogP contribution in [0.1, 0.15) is 25.3 Å². The fourth-order valence-electron chi connectivity index (χ4n) is 1.90. The second-order valence-electron chi connectivity index (χ2n) is 4.72. The molecule has 0 bridgehead atoms. The fourth-order valence-corrected chi connectivity index (χ4v) is 3.15. The van der Waals surface area contributed by atoms with Gasteiger partial charge in [0.05, 0.1) is 12.0 Å². The first kappa shape index (κ1) is 17.5. The third-order valence-electron chi connectivity index (χ3n) is 3.29. The first-order valence-corrected chi connectivity index (χ1v) is 8.18. The van der Waals surface area contributed by atoms with Crippen molar-refractivity contribution in [3.63, 3.8) is 0 Å². The molecule has 0 spiro atoms. The van der Waals surface area contributed by atoms with Crippen LogP contribution in [0.2, 0.25) is 0 Å². The normalized spacial score (nSPS) is 11.6. The third kappa shape index (κ3) is 4.44. The van der Waals surface area contributed by atoms with Gasteiger partial charge in [-0.25, -0.2) is 12.7 Å². The SMILES string of the molecule is CCc1ccc(S(=O)(=O)N(C)CCCC(=O)OC)cc1N. The van der Waals surface area contributed by atoms with Crippen molar-refractivity contribution >= 4 is 21.7 Å². The second kappa shape index (κ2) is 7.42. The van der Waals surface area contributed by atoms with E-state index in [2.05, 4.69) is 4.74 Å². The van der Waals surface area contributed by atoms with Gasteiger partial charge in [0.1, 0.15) is 0 Å². The Balaban J connectivity index is 2.80. The molecule has 0 unspecified atom stereocenters. The van der Waals surface area contributed by atoms with Crippen molar-refractivity contribution in [3.05, 3.63) is 23.8 Å². The zero-order chi connectivity index (χ0) is 16.0. The summed E-state index contributed by atoms with van der Waals surface area (Å²) in [6.45, 7) is 2.20. The van der Waals surface area contributed by atoms with Crippen LogP contribution in [-0.2, 0) is 26.0 Å². The average Bonchev–Trinajstić information content (AvgIpc) is 2.46. The summed E-state index contributed by atoms with van der Waals surface area (Å²) in [6, 6.07) is 4.76. The lowest BCUT2D eigenvalue weighted by Gasteiger charge is -2.17. The minimum absolute atomic E-state index is 0.165. The Morgan fingerprint density at radius 2 is 2.05 bits per heavy atom. The predicted molar refractivity (Wildman–Crippen MR) is 81.3 cm³/mol. The summed E-state index contributed by atoms with van der Waals surface area (Å²) in [6.07, 6.45) is 1.35. The Morgan fingerprint density at radius 1 is 1.38 bits per heavy atom. The number of anilines is 1. The lowest BCUT2D eigenvalue weighted by Crippen LogP contribution is -2.28. The van der Waals surface area contributed by atoms with Crippen molar-refractivity contribution in [2.45, 2.75) is 31.1 Å². The summed E-state index contributed by atoms with van der Waals surface area (Å²) >= 11 is 0. The van der Waals surface area contributed by atoms with Crippen molar-refractivity contribution in [2.75, 3.05) is 26.4 Å². The van der Waals surface area contributed by atoms with Gasteiger partial charge in [0.2, 0.25) is 10.0 Å². The van der Waals surface area contributed by atoms with Crippen LogP contribution in [0.4, 0.5) is 5.69 Å². The molecule has 0 saturated carbocycles. The molecule has 7 heteroatoms. The number of esters is 1. The second-order valence-corrected chi connectivity index (χ2v) is 6.77. The smallest absolute Gasteiger partial charge is 0.305 e. The van der Waals surface area contributed by atoms with Gasteiger partial charge in [-0.05, 0) is 30.5 Å². The van der Waals surface area contributed by atoms with Crippen molar-refractivity contribution in [1.29, 1.82) is 0 Å². The summed E-state index contributed by atoms with van der Waals surface area (Å²) in [4.78, 5) is 11.2. The van der Waals surface area contributed by atoms with Crippen molar-refractivity contribution in [2.24, 2.45) is 0 Å². The van der Waals surface area contributed by atoms with Crippen LogP contribution in [0, 0.1) is 0 Å². The maximum atomic E-state index is 12.4. The zero-order valence-corrected chi connectivity index (χ0v) is 13.4. The molecule has 0 radical (unpaired) electrons. The highest BCUT2D eigenvalue weighted by Gasteiger charge is 2.21. The molecule has 21 heavy (non-hydrogen) atoms. The monoisotopic (exact) mass is 314 g/mol. The van der Waals surface area contributed by atoms with Gasteiger partial charge in [-0.3, -0.25) is 4.79 Å². The Bertz CT molecular complexity index is 599. The molecule has 1 aromatic carbocycles. The first-order chi connectivity index (χ1) is 9.82. The molecular formula is C14H22N2O4S. The van der Waals surface area contributed by atoms with Gasteiger partial charge in [0.15, 0.2) is 0 Å². The van der Waals surface area contributed by atoms with Crippen molar-refractivity contribution in [3.8, 4) is 0 Å². The number of methoxy groups -OCH3 is 1. The minimum atomic E-state index is -3.59. The molecule has 0 aliphatic rings. The number of hydrogen-bond acceptors (Lipinski definition) is 5. The molecule has 0 aromatic heterocycles. The van der Waals surface area contributed by atoms with Crippen molar-refractivity contribution < 1.29 is 17.9 Å². The van der Waals surface area contributed by atoms with Crippen LogP contribution in [0.5, 0.6) is 0 Å². The Hall–Kier alpha value is -1.60. The predicted octanol–water partition coefficient (Wildman–Crippen LogP) is 1.40. The number of ether oxygens (including phenoxy) is 1. The average molecular weight is 314 g/mol. The number of sulfonamides is 1. The maximum Gasteiger partial charge on any atom is 0.305 e. The highest BCUT2D eigenvalue weighted by molar-refractivity contribution is 7.89. The van der Waals surface area contributed by atoms with Gasteiger partial charge < -0.3 is 10.5 Å². The van der Waals surface area contributed by atoms with Gasteiger partial charge in [-0.1, -0.05) is 13.0 Å². The molecule has 2 N–H and O–H groups in total. The topological polar surface area (TPSA) is 89.7 Å². The van der Waals surface area contributed by atoms with E-state index in [1.807, 2.05) is 6.92 Å². The molecule has 118 valence electrons. The number of benzene rings is 1. The van der Waals surface area contributed by atoms with E-state index in [1.54, 1.807) is 12.1 Å². The van der Waals surface area contributed by atoms with Crippen LogP contribution in [0.3, 0.4) is 0 Å². The summed E-state index contributed by atoms with van der Waals surface area (Å²) in [5.41, 5.74) is 7.23. The zero-order valence-electron chi connectivity index (χ0n) is 12.6. The molecule has 0 fully saturated rings. The van der Waals surface area contributed by atoms with E-state index in [-0.39, 0.29) is 23.8 Å². The molecule has 6 nitrogen and oxygen atoms in total. The van der Waals surface area contributed by atoms with Gasteiger partial charge in [-0.15, -0.1) is 0 Å². The number of carbonyl (C=O) groups is 1. The van der Waals surface area contributed by atoms with E-state index in [9.17, 15) is 13.2 Å². The van der Waals surface area contributed by atoms with E-state index in [1.165, 1.54) is 24.5 Å². The molecule has 0 heterocycles. The van der Waals surface area contributed by atoms with Crippen LogP contribution < -0.4 is 5.73 Å². The largest absolute Gasteiger partial charge is 0.469 e. The van der Waals surface area contributed by atoms with Gasteiger partial charge >= 0.3 is 5.97 Å². The Kier molecular flexibility index (Phi) is 6.17. The number of nitrogens with two attached hydrogens (primary N) is 1. The van der Waals surface area contributed by atoms with Crippen LogP contribution >= 0.6 is 0 Å². The molecule has 0 aliphatic heterocycles. The third-order valence-corrected chi connectivity index (χ3v) is 5.14. The van der Waals surface area contributed by atoms with E-state index in [4.69, 9.17) is 5.73 Å². The van der Waals surface area contributed by atoms with E-state index >= 15 is 0 Å². The Labute approximate surface area is 125 Å². The molecule has 1 rings (SSSR count). The number of nitrogen functional groups attached to an aromatic ring is 1. The summed E-state index contributed by atoms with van der Waals surface area (Å²) in [7, 11) is -0.801. The standard InChI is InChI=1S/C14H22N2O4S/c1-4-11-7-8-12(10-13(11)15)21(18,19)16(2)9-5-6-14(17)20-3/h7-8,10H,4-6,9,15H2,1-3H3. The number of hydrogen-bond donors (Lipinski definition) is 1. The first-order valence-electron chi connectivity index (χ1n) is 6.74. The van der Waals surface area contributed by atoms with Gasteiger partial charge in [0.25, 0.3) is 0 Å². The maximum absolute atomic E-state index is 12.4. The van der Waals surface area contributed by atoms with Gasteiger partial charge in [0, 0.05) is 25.7 Å². The van der Waals surface area contributed by atoms with Crippen LogP contribution in [-0.4, -0.2) is 39.4 Å². The van der Waals surface area contributed by atoms with E-state index < -0.39 is 10.0 Å². The molecule has 0 aliphatic carbocycles. The minimum Gasteiger partial charge on any atom is -0.469 e. The van der Waals surface area contributed by atoms with Crippen LogP contribution in [0.25, 0.3) is 0 Å².